The Labute approximate surface area is 110 Å². The number of benzene rings is 2. The molecular weight excluding hydrogens is 250 g/mol. The van der Waals surface area contributed by atoms with Gasteiger partial charge in [0.05, 0.1) is 11.2 Å². The van der Waals surface area contributed by atoms with E-state index in [0.717, 1.165) is 11.1 Å². The van der Waals surface area contributed by atoms with Crippen LogP contribution < -0.4 is 4.74 Å². The number of halogens is 1. The van der Waals surface area contributed by atoms with Gasteiger partial charge in [0.25, 0.3) is 0 Å². The predicted octanol–water partition coefficient (Wildman–Crippen LogP) is 3.73. The number of oxime groups is 1. The Kier molecular flexibility index (Phi) is 4.20. The molecule has 0 bridgehead atoms. The summed E-state index contributed by atoms with van der Waals surface area (Å²) >= 11 is 6.06. The normalized spacial score (nSPS) is 10.7. The molecule has 0 saturated carbocycles. The first-order chi connectivity index (χ1) is 8.79. The molecule has 0 atom stereocenters. The van der Waals surface area contributed by atoms with E-state index in [1.54, 1.807) is 18.2 Å². The van der Waals surface area contributed by atoms with Crippen LogP contribution in [0, 0.1) is 0 Å². The minimum atomic E-state index is 0.466. The Morgan fingerprint density at radius 3 is 2.61 bits per heavy atom. The molecule has 0 aliphatic carbocycles. The standard InChI is InChI=1S/C14H12ClNO2/c15-13-8-12(9-16-17)6-7-14(13)18-10-11-4-2-1-3-5-11/h1-9,17H,10H2/b16-9+. The van der Waals surface area contributed by atoms with E-state index in [9.17, 15) is 0 Å². The van der Waals surface area contributed by atoms with Gasteiger partial charge in [-0.15, -0.1) is 0 Å². The monoisotopic (exact) mass is 261 g/mol. The van der Waals surface area contributed by atoms with Crippen LogP contribution in [0.1, 0.15) is 11.1 Å². The first-order valence-electron chi connectivity index (χ1n) is 5.43. The van der Waals surface area contributed by atoms with Crippen LogP contribution in [0.3, 0.4) is 0 Å². The zero-order chi connectivity index (χ0) is 12.8. The molecule has 0 radical (unpaired) electrons. The SMILES string of the molecule is O/N=C/c1ccc(OCc2ccccc2)c(Cl)c1. The van der Waals surface area contributed by atoms with Crippen LogP contribution in [0.5, 0.6) is 5.75 Å². The Hall–Kier alpha value is -2.00. The van der Waals surface area contributed by atoms with E-state index in [1.165, 1.54) is 6.21 Å². The third-order valence-corrected chi connectivity index (χ3v) is 2.70. The van der Waals surface area contributed by atoms with Crippen molar-refractivity contribution in [3.63, 3.8) is 0 Å². The lowest BCUT2D eigenvalue weighted by atomic mass is 10.2. The van der Waals surface area contributed by atoms with Gasteiger partial charge in [0.15, 0.2) is 0 Å². The quantitative estimate of drug-likeness (QED) is 0.518. The Morgan fingerprint density at radius 1 is 1.17 bits per heavy atom. The predicted molar refractivity (Wildman–Crippen MR) is 71.6 cm³/mol. The first kappa shape index (κ1) is 12.5. The lowest BCUT2D eigenvalue weighted by Crippen LogP contribution is -1.96. The van der Waals surface area contributed by atoms with Gasteiger partial charge in [-0.25, -0.2) is 0 Å². The Balaban J connectivity index is 2.06. The van der Waals surface area contributed by atoms with Crippen molar-refractivity contribution in [2.24, 2.45) is 5.16 Å². The fourth-order valence-corrected chi connectivity index (χ4v) is 1.76. The second-order valence-electron chi connectivity index (χ2n) is 3.71. The summed E-state index contributed by atoms with van der Waals surface area (Å²) in [7, 11) is 0. The second-order valence-corrected chi connectivity index (χ2v) is 4.12. The average molecular weight is 262 g/mol. The smallest absolute Gasteiger partial charge is 0.138 e. The molecule has 0 amide bonds. The summed E-state index contributed by atoms with van der Waals surface area (Å²) in [4.78, 5) is 0. The van der Waals surface area contributed by atoms with Crippen molar-refractivity contribution in [3.8, 4) is 5.75 Å². The molecule has 0 aromatic heterocycles. The van der Waals surface area contributed by atoms with E-state index in [4.69, 9.17) is 21.5 Å². The van der Waals surface area contributed by atoms with E-state index >= 15 is 0 Å². The summed E-state index contributed by atoms with van der Waals surface area (Å²) in [5.41, 5.74) is 1.80. The Bertz CT molecular complexity index is 541. The summed E-state index contributed by atoms with van der Waals surface area (Å²) < 4.78 is 5.62. The molecule has 2 aromatic carbocycles. The van der Waals surface area contributed by atoms with E-state index in [2.05, 4.69) is 5.16 Å². The van der Waals surface area contributed by atoms with Gasteiger partial charge in [0.1, 0.15) is 12.4 Å². The van der Waals surface area contributed by atoms with Crippen LogP contribution >= 0.6 is 11.6 Å². The van der Waals surface area contributed by atoms with E-state index < -0.39 is 0 Å². The minimum Gasteiger partial charge on any atom is -0.487 e. The number of hydrogen-bond acceptors (Lipinski definition) is 3. The lowest BCUT2D eigenvalue weighted by Gasteiger charge is -2.08. The summed E-state index contributed by atoms with van der Waals surface area (Å²) in [5, 5.41) is 11.9. The van der Waals surface area contributed by atoms with Gasteiger partial charge in [0, 0.05) is 0 Å². The maximum atomic E-state index is 8.43. The van der Waals surface area contributed by atoms with Crippen molar-refractivity contribution in [1.29, 1.82) is 0 Å². The molecule has 1 N–H and O–H groups in total. The maximum absolute atomic E-state index is 8.43. The topological polar surface area (TPSA) is 41.8 Å². The van der Waals surface area contributed by atoms with Gasteiger partial charge in [-0.05, 0) is 29.3 Å². The molecule has 0 heterocycles. The van der Waals surface area contributed by atoms with Gasteiger partial charge < -0.3 is 9.94 Å². The fourth-order valence-electron chi connectivity index (χ4n) is 1.52. The van der Waals surface area contributed by atoms with Crippen molar-refractivity contribution in [2.75, 3.05) is 0 Å². The highest BCUT2D eigenvalue weighted by Crippen LogP contribution is 2.25. The summed E-state index contributed by atoms with van der Waals surface area (Å²) in [6, 6.07) is 15.1. The summed E-state index contributed by atoms with van der Waals surface area (Å²) in [6.07, 6.45) is 1.31. The second kappa shape index (κ2) is 6.07. The number of ether oxygens (including phenoxy) is 1. The van der Waals surface area contributed by atoms with Gasteiger partial charge >= 0.3 is 0 Å². The van der Waals surface area contributed by atoms with Crippen LogP contribution in [-0.4, -0.2) is 11.4 Å². The van der Waals surface area contributed by atoms with Gasteiger partial charge in [0.2, 0.25) is 0 Å². The minimum absolute atomic E-state index is 0.466. The molecular formula is C14H12ClNO2. The molecule has 0 aliphatic rings. The summed E-state index contributed by atoms with van der Waals surface area (Å²) in [5.74, 6) is 0.607. The van der Waals surface area contributed by atoms with Gasteiger partial charge in [-0.2, -0.15) is 0 Å². The van der Waals surface area contributed by atoms with Crippen molar-refractivity contribution < 1.29 is 9.94 Å². The third-order valence-electron chi connectivity index (χ3n) is 2.40. The zero-order valence-corrected chi connectivity index (χ0v) is 10.3. The molecule has 4 heteroatoms. The molecule has 3 nitrogen and oxygen atoms in total. The van der Waals surface area contributed by atoms with Gasteiger partial charge in [-0.3, -0.25) is 0 Å². The van der Waals surface area contributed by atoms with E-state index in [-0.39, 0.29) is 0 Å². The molecule has 2 aromatic rings. The highest BCUT2D eigenvalue weighted by atomic mass is 35.5. The lowest BCUT2D eigenvalue weighted by molar-refractivity contribution is 0.306. The third kappa shape index (κ3) is 3.25. The van der Waals surface area contributed by atoms with Crippen LogP contribution in [0.25, 0.3) is 0 Å². The van der Waals surface area contributed by atoms with Crippen molar-refractivity contribution in [1.82, 2.24) is 0 Å². The Morgan fingerprint density at radius 2 is 1.94 bits per heavy atom. The van der Waals surface area contributed by atoms with Crippen molar-refractivity contribution in [3.05, 3.63) is 64.7 Å². The highest BCUT2D eigenvalue weighted by Gasteiger charge is 2.02. The molecule has 0 unspecified atom stereocenters. The van der Waals surface area contributed by atoms with Crippen LogP contribution in [0.15, 0.2) is 53.7 Å². The number of rotatable bonds is 4. The van der Waals surface area contributed by atoms with E-state index in [0.29, 0.717) is 17.4 Å². The largest absolute Gasteiger partial charge is 0.487 e. The summed E-state index contributed by atoms with van der Waals surface area (Å²) in [6.45, 7) is 0.466. The fraction of sp³-hybridized carbons (Fsp3) is 0.0714. The molecule has 0 saturated heterocycles. The van der Waals surface area contributed by atoms with Crippen molar-refractivity contribution >= 4 is 17.8 Å². The van der Waals surface area contributed by atoms with Crippen molar-refractivity contribution in [2.45, 2.75) is 6.61 Å². The molecule has 18 heavy (non-hydrogen) atoms. The zero-order valence-electron chi connectivity index (χ0n) is 9.58. The average Bonchev–Trinajstić information content (AvgIpc) is 2.39. The number of hydrogen-bond donors (Lipinski definition) is 1. The molecule has 0 aliphatic heterocycles. The van der Waals surface area contributed by atoms with Crippen LogP contribution in [0.2, 0.25) is 5.02 Å². The highest BCUT2D eigenvalue weighted by molar-refractivity contribution is 6.32. The first-order valence-corrected chi connectivity index (χ1v) is 5.81. The van der Waals surface area contributed by atoms with Crippen LogP contribution in [0.4, 0.5) is 0 Å². The van der Waals surface area contributed by atoms with Crippen LogP contribution in [-0.2, 0) is 6.61 Å². The molecule has 0 fully saturated rings. The molecule has 0 spiro atoms. The van der Waals surface area contributed by atoms with E-state index in [1.807, 2.05) is 30.3 Å². The number of nitrogens with zero attached hydrogens (tertiary/aromatic N) is 1. The molecule has 2 rings (SSSR count). The van der Waals surface area contributed by atoms with Gasteiger partial charge in [-0.1, -0.05) is 47.1 Å². The maximum Gasteiger partial charge on any atom is 0.138 e. The molecule has 92 valence electrons.